The number of benzene rings is 1. The number of amides is 1. The minimum Gasteiger partial charge on any atom is -0.388 e. The summed E-state index contributed by atoms with van der Waals surface area (Å²) >= 11 is 0. The Morgan fingerprint density at radius 2 is 2.14 bits per heavy atom. The number of nitrogens with zero attached hydrogens (tertiary/aromatic N) is 2. The van der Waals surface area contributed by atoms with Crippen LogP contribution < -0.4 is 21.3 Å². The molecule has 1 heterocycles. The largest absolute Gasteiger partial charge is 0.388 e. The van der Waals surface area contributed by atoms with Gasteiger partial charge in [-0.15, -0.1) is 0 Å². The zero-order valence-corrected chi connectivity index (χ0v) is 12.5. The van der Waals surface area contributed by atoms with Crippen molar-refractivity contribution in [1.82, 2.24) is 15.3 Å². The number of H-pyrrole nitrogens is 1. The molecule has 22 heavy (non-hydrogen) atoms. The summed E-state index contributed by atoms with van der Waals surface area (Å²) in [6.07, 6.45) is 4.97. The van der Waals surface area contributed by atoms with Gasteiger partial charge in [-0.25, -0.2) is 4.98 Å². The van der Waals surface area contributed by atoms with E-state index in [2.05, 4.69) is 32.3 Å². The Morgan fingerprint density at radius 3 is 2.77 bits per heavy atom. The molecule has 0 unspecified atom stereocenters. The number of carbonyl (C=O) groups is 1. The average Bonchev–Trinajstić information content (AvgIpc) is 2.95. The molecule has 6 nitrogen and oxygen atoms in total. The van der Waals surface area contributed by atoms with Crippen LogP contribution in [0, 0.1) is 0 Å². The Balaban J connectivity index is 2.35. The van der Waals surface area contributed by atoms with Crippen LogP contribution >= 0.6 is 0 Å². The van der Waals surface area contributed by atoms with Crippen molar-refractivity contribution in [2.75, 3.05) is 18.9 Å². The van der Waals surface area contributed by atoms with Gasteiger partial charge in [-0.2, -0.15) is 0 Å². The number of nitrogens with one attached hydrogen (secondary N) is 3. The zero-order chi connectivity index (χ0) is 15.8. The SMILES string of the molecule is C=N/C=c1/[nH]c(-c2ccc(NC)cc2)n/c1=C/CCNC=O. The zero-order valence-electron chi connectivity index (χ0n) is 12.5. The maximum Gasteiger partial charge on any atom is 0.207 e. The molecule has 1 aromatic carbocycles. The molecule has 0 saturated heterocycles. The van der Waals surface area contributed by atoms with Gasteiger partial charge < -0.3 is 15.6 Å². The first-order valence-corrected chi connectivity index (χ1v) is 6.96. The Bertz CT molecular complexity index is 746. The first-order valence-electron chi connectivity index (χ1n) is 6.96. The van der Waals surface area contributed by atoms with Gasteiger partial charge >= 0.3 is 0 Å². The van der Waals surface area contributed by atoms with Crippen LogP contribution in [-0.2, 0) is 4.79 Å². The highest BCUT2D eigenvalue weighted by Gasteiger charge is 2.02. The van der Waals surface area contributed by atoms with Crippen molar-refractivity contribution >= 4 is 31.1 Å². The second-order valence-corrected chi connectivity index (χ2v) is 4.59. The molecule has 0 aliphatic heterocycles. The predicted octanol–water partition coefficient (Wildman–Crippen LogP) is 0.474. The highest BCUT2D eigenvalue weighted by molar-refractivity contribution is 5.60. The van der Waals surface area contributed by atoms with Gasteiger partial charge in [0.1, 0.15) is 5.82 Å². The van der Waals surface area contributed by atoms with E-state index in [1.807, 2.05) is 37.4 Å². The van der Waals surface area contributed by atoms with Gasteiger partial charge in [-0.3, -0.25) is 9.79 Å². The fourth-order valence-corrected chi connectivity index (χ4v) is 2.03. The maximum atomic E-state index is 10.2. The summed E-state index contributed by atoms with van der Waals surface area (Å²) in [5, 5.41) is 7.30. The number of aromatic nitrogens is 2. The van der Waals surface area contributed by atoms with Crippen LogP contribution in [-0.4, -0.2) is 36.7 Å². The van der Waals surface area contributed by atoms with Crippen LogP contribution in [0.25, 0.3) is 23.7 Å². The highest BCUT2D eigenvalue weighted by Crippen LogP contribution is 2.15. The molecule has 6 heteroatoms. The second-order valence-electron chi connectivity index (χ2n) is 4.59. The van der Waals surface area contributed by atoms with Gasteiger partial charge in [-0.1, -0.05) is 6.08 Å². The lowest BCUT2D eigenvalue weighted by molar-refractivity contribution is -0.109. The van der Waals surface area contributed by atoms with Gasteiger partial charge in [0.15, 0.2) is 0 Å². The minimum absolute atomic E-state index is 0.573. The summed E-state index contributed by atoms with van der Waals surface area (Å²) in [5.74, 6) is 0.771. The first-order chi connectivity index (χ1) is 10.8. The van der Waals surface area contributed by atoms with Gasteiger partial charge in [0.05, 0.1) is 16.9 Å². The number of imidazole rings is 1. The predicted molar refractivity (Wildman–Crippen MR) is 90.0 cm³/mol. The Morgan fingerprint density at radius 1 is 1.36 bits per heavy atom. The molecule has 2 aromatic rings. The molecular weight excluding hydrogens is 278 g/mol. The van der Waals surface area contributed by atoms with Crippen LogP contribution in [0.2, 0.25) is 0 Å². The maximum absolute atomic E-state index is 10.2. The average molecular weight is 297 g/mol. The number of hydrogen-bond acceptors (Lipinski definition) is 4. The molecule has 1 amide bonds. The summed E-state index contributed by atoms with van der Waals surface area (Å²) in [5.41, 5.74) is 2.03. The van der Waals surface area contributed by atoms with Gasteiger partial charge in [0.25, 0.3) is 0 Å². The third-order valence-corrected chi connectivity index (χ3v) is 3.14. The second kappa shape index (κ2) is 7.78. The minimum atomic E-state index is 0.573. The quantitative estimate of drug-likeness (QED) is 0.395. The van der Waals surface area contributed by atoms with Crippen molar-refractivity contribution in [1.29, 1.82) is 0 Å². The highest BCUT2D eigenvalue weighted by atomic mass is 16.1. The van der Waals surface area contributed by atoms with Crippen LogP contribution in [0.5, 0.6) is 0 Å². The molecule has 0 saturated carbocycles. The number of anilines is 1. The van der Waals surface area contributed by atoms with Crippen molar-refractivity contribution in [3.63, 3.8) is 0 Å². The van der Waals surface area contributed by atoms with Crippen LogP contribution in [0.1, 0.15) is 6.42 Å². The molecule has 0 radical (unpaired) electrons. The molecule has 0 fully saturated rings. The van der Waals surface area contributed by atoms with E-state index in [1.54, 1.807) is 6.20 Å². The third kappa shape index (κ3) is 3.82. The van der Waals surface area contributed by atoms with Crippen molar-refractivity contribution in [2.24, 2.45) is 4.99 Å². The van der Waals surface area contributed by atoms with Gasteiger partial charge in [-0.05, 0) is 37.4 Å². The van der Waals surface area contributed by atoms with E-state index in [-0.39, 0.29) is 0 Å². The lowest BCUT2D eigenvalue weighted by Gasteiger charge is -2.00. The lowest BCUT2D eigenvalue weighted by atomic mass is 10.2. The van der Waals surface area contributed by atoms with E-state index in [0.29, 0.717) is 19.4 Å². The van der Waals surface area contributed by atoms with E-state index in [0.717, 1.165) is 27.8 Å². The smallest absolute Gasteiger partial charge is 0.207 e. The summed E-state index contributed by atoms with van der Waals surface area (Å²) in [6.45, 7) is 4.05. The molecule has 0 atom stereocenters. The molecular formula is C16H19N5O. The summed E-state index contributed by atoms with van der Waals surface area (Å²) < 4.78 is 0. The first kappa shape index (κ1) is 15.5. The monoisotopic (exact) mass is 297 g/mol. The standard InChI is InChI=1S/C16H19N5O/c1-17-10-15-14(4-3-9-19-11-22)20-16(21-15)12-5-7-13(18-2)8-6-12/h4-8,10-11,18H,1,3,9H2,2H3,(H,19,22)(H,20,21)/b14-4+,15-10+. The molecule has 0 aliphatic carbocycles. The lowest BCUT2D eigenvalue weighted by Crippen LogP contribution is -2.24. The third-order valence-electron chi connectivity index (χ3n) is 3.14. The topological polar surface area (TPSA) is 82.2 Å². The van der Waals surface area contributed by atoms with E-state index in [1.165, 1.54) is 0 Å². The number of carbonyl (C=O) groups excluding carboxylic acids is 1. The van der Waals surface area contributed by atoms with Crippen LogP contribution in [0.4, 0.5) is 5.69 Å². The number of aliphatic imine (C=N–C) groups is 1. The summed E-state index contributed by atoms with van der Waals surface area (Å²) in [4.78, 5) is 21.9. The number of aromatic amines is 1. The molecule has 0 aliphatic rings. The summed E-state index contributed by atoms with van der Waals surface area (Å²) in [7, 11) is 1.88. The number of hydrogen-bond donors (Lipinski definition) is 3. The molecule has 114 valence electrons. The van der Waals surface area contributed by atoms with E-state index in [4.69, 9.17) is 0 Å². The van der Waals surface area contributed by atoms with E-state index < -0.39 is 0 Å². The van der Waals surface area contributed by atoms with Gasteiger partial charge in [0.2, 0.25) is 6.41 Å². The Kier molecular flexibility index (Phi) is 5.48. The van der Waals surface area contributed by atoms with Crippen molar-refractivity contribution in [3.05, 3.63) is 35.0 Å². The van der Waals surface area contributed by atoms with Crippen molar-refractivity contribution in [3.8, 4) is 11.4 Å². The Labute approximate surface area is 128 Å². The van der Waals surface area contributed by atoms with Crippen molar-refractivity contribution < 1.29 is 4.79 Å². The van der Waals surface area contributed by atoms with Crippen LogP contribution in [0.15, 0.2) is 29.3 Å². The number of rotatable bonds is 7. The Hall–Kier alpha value is -2.89. The molecule has 3 N–H and O–H groups in total. The molecule has 0 bridgehead atoms. The molecule has 1 aromatic heterocycles. The van der Waals surface area contributed by atoms with E-state index in [9.17, 15) is 4.79 Å². The van der Waals surface area contributed by atoms with E-state index >= 15 is 0 Å². The normalized spacial score (nSPS) is 12.2. The van der Waals surface area contributed by atoms with Crippen molar-refractivity contribution in [2.45, 2.75) is 6.42 Å². The van der Waals surface area contributed by atoms with Gasteiger partial charge in [0, 0.05) is 24.8 Å². The fourth-order valence-electron chi connectivity index (χ4n) is 2.03. The van der Waals surface area contributed by atoms with Crippen LogP contribution in [0.3, 0.4) is 0 Å². The molecule has 0 spiro atoms. The fraction of sp³-hybridized carbons (Fsp3) is 0.188. The summed E-state index contributed by atoms with van der Waals surface area (Å²) in [6, 6.07) is 7.97. The molecule has 2 rings (SSSR count).